The molecule has 4 bridgehead atoms. The van der Waals surface area contributed by atoms with Gasteiger partial charge in [0.05, 0.1) is 18.7 Å². The number of H-pyrrole nitrogens is 1. The zero-order valence-electron chi connectivity index (χ0n) is 16.0. The van der Waals surface area contributed by atoms with Crippen molar-refractivity contribution in [3.8, 4) is 0 Å². The number of ketones is 1. The van der Waals surface area contributed by atoms with Gasteiger partial charge in [-0.2, -0.15) is 0 Å². The van der Waals surface area contributed by atoms with E-state index >= 15 is 0 Å². The van der Waals surface area contributed by atoms with Crippen LogP contribution in [0.15, 0.2) is 30.5 Å². The lowest BCUT2D eigenvalue weighted by molar-refractivity contribution is -0.145. The molecule has 5 atom stereocenters. The molecule has 0 aliphatic carbocycles. The van der Waals surface area contributed by atoms with Crippen molar-refractivity contribution in [1.82, 2.24) is 9.88 Å². The molecule has 8 heteroatoms. The number of nitrogens with two attached hydrogens (primary N) is 1. The van der Waals surface area contributed by atoms with Gasteiger partial charge in [0.15, 0.2) is 0 Å². The molecule has 0 amide bonds. The number of hydrogen-bond donors (Lipinski definition) is 3. The number of aliphatic carboxylic acids is 1. The number of carbonyl (C=O) groups is 3. The number of piperidine rings is 4. The van der Waals surface area contributed by atoms with Gasteiger partial charge in [0.25, 0.3) is 0 Å². The Morgan fingerprint density at radius 1 is 1.17 bits per heavy atom. The van der Waals surface area contributed by atoms with Gasteiger partial charge in [0.2, 0.25) is 0 Å². The highest BCUT2D eigenvalue weighted by molar-refractivity contribution is 6.04. The number of aromatic nitrogens is 1. The number of hydrogen-bond acceptors (Lipinski definition) is 6. The smallest absolute Gasteiger partial charge is 0.340 e. The monoisotopic (exact) mass is 399 g/mol. The van der Waals surface area contributed by atoms with Crippen molar-refractivity contribution in [3.05, 3.63) is 36.0 Å². The van der Waals surface area contributed by atoms with E-state index in [0.29, 0.717) is 30.0 Å². The van der Waals surface area contributed by atoms with Crippen molar-refractivity contribution in [2.24, 2.45) is 11.7 Å². The number of esters is 1. The van der Waals surface area contributed by atoms with E-state index in [4.69, 9.17) is 9.84 Å². The van der Waals surface area contributed by atoms with Gasteiger partial charge in [-0.25, -0.2) is 4.79 Å². The number of carbonyl (C=O) groups excluding carboxylic acids is 2. The van der Waals surface area contributed by atoms with E-state index in [-0.39, 0.29) is 24.5 Å². The molecule has 4 saturated heterocycles. The molecular formula is C21H25N3O5. The third-order valence-corrected chi connectivity index (χ3v) is 6.17. The summed E-state index contributed by atoms with van der Waals surface area (Å²) in [6.45, 7) is 0.323. The normalized spacial score (nSPS) is 29.8. The first kappa shape index (κ1) is 19.6. The van der Waals surface area contributed by atoms with Crippen LogP contribution in [0.2, 0.25) is 0 Å². The van der Waals surface area contributed by atoms with Crippen LogP contribution < -0.4 is 5.73 Å². The first-order valence-corrected chi connectivity index (χ1v) is 9.93. The quantitative estimate of drug-likeness (QED) is 0.669. The van der Waals surface area contributed by atoms with E-state index in [9.17, 15) is 14.4 Å². The minimum absolute atomic E-state index is 0.0356. The molecule has 0 spiro atoms. The number of rotatable bonds is 3. The number of nitrogens with one attached hydrogen (secondary N) is 1. The van der Waals surface area contributed by atoms with E-state index in [2.05, 4.69) is 15.6 Å². The molecule has 5 heterocycles. The Bertz CT molecular complexity index is 923. The fourth-order valence-corrected chi connectivity index (χ4v) is 4.87. The molecule has 4 fully saturated rings. The van der Waals surface area contributed by atoms with Gasteiger partial charge in [0.1, 0.15) is 11.9 Å². The van der Waals surface area contributed by atoms with Crippen molar-refractivity contribution < 1.29 is 24.2 Å². The second-order valence-corrected chi connectivity index (χ2v) is 7.96. The number of Topliss-reactive ketones (excluding diaryl/α,β-unsaturated/α-hetero) is 1. The Morgan fingerprint density at radius 3 is 2.45 bits per heavy atom. The van der Waals surface area contributed by atoms with Gasteiger partial charge >= 0.3 is 11.9 Å². The van der Waals surface area contributed by atoms with Gasteiger partial charge < -0.3 is 20.6 Å². The topological polar surface area (TPSA) is 126 Å². The van der Waals surface area contributed by atoms with Crippen LogP contribution in [-0.2, 0) is 14.3 Å². The largest absolute Gasteiger partial charge is 0.480 e. The summed E-state index contributed by atoms with van der Waals surface area (Å²) in [7, 11) is 0. The summed E-state index contributed by atoms with van der Waals surface area (Å²) in [5.74, 6) is -0.564. The molecular weight excluding hydrogens is 374 g/mol. The zero-order valence-corrected chi connectivity index (χ0v) is 16.0. The number of carboxylic acids is 1. The van der Waals surface area contributed by atoms with E-state index in [0.717, 1.165) is 36.6 Å². The maximum atomic E-state index is 12.6. The molecule has 8 nitrogen and oxygen atoms in total. The van der Waals surface area contributed by atoms with Crippen molar-refractivity contribution in [2.45, 2.75) is 43.9 Å². The third-order valence-electron chi connectivity index (χ3n) is 6.17. The summed E-state index contributed by atoms with van der Waals surface area (Å²) >= 11 is 0. The van der Waals surface area contributed by atoms with E-state index in [1.165, 1.54) is 0 Å². The van der Waals surface area contributed by atoms with E-state index in [1.807, 2.05) is 24.3 Å². The van der Waals surface area contributed by atoms with Crippen LogP contribution in [0.1, 0.15) is 36.0 Å². The number of aromatic amines is 1. The van der Waals surface area contributed by atoms with Gasteiger partial charge in [-0.3, -0.25) is 14.5 Å². The molecule has 4 aliphatic rings. The maximum Gasteiger partial charge on any atom is 0.340 e. The van der Waals surface area contributed by atoms with Gasteiger partial charge in [-0.1, -0.05) is 18.2 Å². The summed E-state index contributed by atoms with van der Waals surface area (Å²) in [5, 5.41) is 8.51. The lowest BCUT2D eigenvalue weighted by Crippen LogP contribution is -2.63. The molecule has 1 aromatic heterocycles. The SMILES string of the molecule is NCC(=O)O.O=C(OC1C[C@@H]2CC3C[C@H](C1)N2CC3=O)c1c[nH]c2ccccc12. The Balaban J connectivity index is 0.000000369. The van der Waals surface area contributed by atoms with Crippen LogP contribution in [0, 0.1) is 5.92 Å². The van der Waals surface area contributed by atoms with Crippen molar-refractivity contribution in [2.75, 3.05) is 13.1 Å². The number of ether oxygens (including phenoxy) is 1. The van der Waals surface area contributed by atoms with Crippen LogP contribution >= 0.6 is 0 Å². The first-order chi connectivity index (χ1) is 14.0. The predicted molar refractivity (Wildman–Crippen MR) is 105 cm³/mol. The Labute approximate surface area is 168 Å². The summed E-state index contributed by atoms with van der Waals surface area (Å²) in [5.41, 5.74) is 6.13. The molecule has 3 unspecified atom stereocenters. The molecule has 2 aromatic rings. The van der Waals surface area contributed by atoms with E-state index in [1.54, 1.807) is 6.20 Å². The predicted octanol–water partition coefficient (Wildman–Crippen LogP) is 1.55. The number of nitrogens with zero attached hydrogens (tertiary/aromatic N) is 1. The minimum Gasteiger partial charge on any atom is -0.480 e. The number of fused-ring (bicyclic) bond motifs is 2. The summed E-state index contributed by atoms with van der Waals surface area (Å²) < 4.78 is 5.84. The molecule has 6 rings (SSSR count). The lowest BCUT2D eigenvalue weighted by atomic mass is 9.72. The second-order valence-electron chi connectivity index (χ2n) is 7.96. The zero-order chi connectivity index (χ0) is 20.5. The first-order valence-electron chi connectivity index (χ1n) is 9.93. The van der Waals surface area contributed by atoms with Crippen molar-refractivity contribution in [3.63, 3.8) is 0 Å². The molecule has 154 valence electrons. The maximum absolute atomic E-state index is 12.6. The number of benzene rings is 1. The summed E-state index contributed by atoms with van der Waals surface area (Å²) in [4.78, 5) is 39.2. The van der Waals surface area contributed by atoms with Crippen LogP contribution in [0.4, 0.5) is 0 Å². The molecule has 29 heavy (non-hydrogen) atoms. The number of para-hydroxylation sites is 1. The van der Waals surface area contributed by atoms with Gasteiger partial charge in [0, 0.05) is 47.9 Å². The molecule has 4 aliphatic heterocycles. The van der Waals surface area contributed by atoms with Gasteiger partial charge in [-0.15, -0.1) is 0 Å². The van der Waals surface area contributed by atoms with Crippen LogP contribution in [-0.4, -0.2) is 64.0 Å². The average molecular weight is 399 g/mol. The Hall–Kier alpha value is -2.71. The average Bonchev–Trinajstić information content (AvgIpc) is 3.13. The molecule has 0 saturated carbocycles. The number of carboxylic acid groups (broad SMARTS) is 1. The second kappa shape index (κ2) is 7.96. The highest BCUT2D eigenvalue weighted by atomic mass is 16.5. The van der Waals surface area contributed by atoms with Crippen LogP contribution in [0.25, 0.3) is 10.9 Å². The molecule has 1 aromatic carbocycles. The minimum atomic E-state index is -0.968. The van der Waals surface area contributed by atoms with E-state index < -0.39 is 5.97 Å². The fraction of sp³-hybridized carbons (Fsp3) is 0.476. The standard InChI is InChI=1S/C19H20N2O3.C2H5NO2/c22-18-10-21-12-5-11(18)6-13(21)8-14(7-12)24-19(23)16-9-20-17-4-2-1-3-15(16)17;3-1-2(4)5/h1-4,9,11-14,20H,5-8,10H2;1,3H2,(H,4,5)/t11?,12-,13+,14?;. The summed E-state index contributed by atoms with van der Waals surface area (Å²) in [6, 6.07) is 8.58. The van der Waals surface area contributed by atoms with Crippen molar-refractivity contribution in [1.29, 1.82) is 0 Å². The fourth-order valence-electron chi connectivity index (χ4n) is 4.87. The van der Waals surface area contributed by atoms with Gasteiger partial charge in [-0.05, 0) is 18.9 Å². The summed E-state index contributed by atoms with van der Waals surface area (Å²) in [6.07, 6.45) is 5.29. The Morgan fingerprint density at radius 2 is 1.83 bits per heavy atom. The molecule has 4 N–H and O–H groups in total. The van der Waals surface area contributed by atoms with Crippen LogP contribution in [0.5, 0.6) is 0 Å². The highest BCUT2D eigenvalue weighted by Gasteiger charge is 2.49. The Kier molecular flexibility index (Phi) is 5.38. The lowest BCUT2D eigenvalue weighted by Gasteiger charge is -2.54. The molecule has 0 radical (unpaired) electrons. The third kappa shape index (κ3) is 3.90. The highest BCUT2D eigenvalue weighted by Crippen LogP contribution is 2.42. The van der Waals surface area contributed by atoms with Crippen molar-refractivity contribution >= 4 is 28.6 Å². The van der Waals surface area contributed by atoms with Crippen LogP contribution in [0.3, 0.4) is 0 Å².